The molecule has 0 saturated carbocycles. The number of hydrogen-bond donors (Lipinski definition) is 2. The van der Waals surface area contributed by atoms with Crippen molar-refractivity contribution < 1.29 is 0 Å². The van der Waals surface area contributed by atoms with Gasteiger partial charge in [-0.1, -0.05) is 23.8 Å². The van der Waals surface area contributed by atoms with Crippen LogP contribution in [0.25, 0.3) is 11.1 Å². The number of nitrogens with one attached hydrogen (secondary N) is 2. The molecule has 0 aliphatic carbocycles. The second-order valence-corrected chi connectivity index (χ2v) is 5.16. The third-order valence-corrected chi connectivity index (χ3v) is 3.75. The van der Waals surface area contributed by atoms with Crippen molar-refractivity contribution in [2.24, 2.45) is 0 Å². The van der Waals surface area contributed by atoms with Crippen molar-refractivity contribution in [1.82, 2.24) is 15.5 Å². The Balaban J connectivity index is 2.03. The molecule has 0 spiro atoms. The summed E-state index contributed by atoms with van der Waals surface area (Å²) in [5.41, 5.74) is 6.39. The number of aromatic amines is 1. The van der Waals surface area contributed by atoms with Gasteiger partial charge in [-0.2, -0.15) is 5.10 Å². The van der Waals surface area contributed by atoms with Gasteiger partial charge in [-0.3, -0.25) is 5.10 Å². The first-order chi connectivity index (χ1) is 8.75. The first kappa shape index (κ1) is 11.5. The van der Waals surface area contributed by atoms with E-state index in [2.05, 4.69) is 47.6 Å². The highest BCUT2D eigenvalue weighted by atomic mass is 15.1. The maximum atomic E-state index is 4.24. The molecule has 1 aliphatic heterocycles. The first-order valence-electron chi connectivity index (χ1n) is 6.60. The van der Waals surface area contributed by atoms with Gasteiger partial charge in [0.15, 0.2) is 0 Å². The molecule has 1 fully saturated rings. The average Bonchev–Trinajstić information content (AvgIpc) is 2.98. The zero-order chi connectivity index (χ0) is 12.5. The lowest BCUT2D eigenvalue weighted by atomic mass is 9.96. The Kier molecular flexibility index (Phi) is 2.92. The van der Waals surface area contributed by atoms with E-state index >= 15 is 0 Å². The summed E-state index contributed by atoms with van der Waals surface area (Å²) in [5, 5.41) is 10.9. The van der Waals surface area contributed by atoms with Crippen molar-refractivity contribution in [3.63, 3.8) is 0 Å². The van der Waals surface area contributed by atoms with Gasteiger partial charge in [-0.05, 0) is 44.4 Å². The summed E-state index contributed by atoms with van der Waals surface area (Å²) in [6, 6.07) is 7.03. The van der Waals surface area contributed by atoms with E-state index in [0.717, 1.165) is 6.54 Å². The van der Waals surface area contributed by atoms with E-state index in [0.29, 0.717) is 6.04 Å². The Hall–Kier alpha value is -1.61. The topological polar surface area (TPSA) is 40.7 Å². The van der Waals surface area contributed by atoms with Crippen LogP contribution in [0.5, 0.6) is 0 Å². The van der Waals surface area contributed by atoms with Crippen LogP contribution in [0.15, 0.2) is 24.4 Å². The van der Waals surface area contributed by atoms with E-state index in [1.165, 1.54) is 40.8 Å². The molecule has 3 rings (SSSR count). The Morgan fingerprint density at radius 2 is 2.11 bits per heavy atom. The van der Waals surface area contributed by atoms with Crippen LogP contribution in [-0.4, -0.2) is 16.7 Å². The van der Waals surface area contributed by atoms with E-state index < -0.39 is 0 Å². The molecule has 1 atom stereocenters. The normalized spacial score (nSPS) is 19.3. The summed E-state index contributed by atoms with van der Waals surface area (Å²) >= 11 is 0. The fourth-order valence-corrected chi connectivity index (χ4v) is 2.82. The third-order valence-electron chi connectivity index (χ3n) is 3.75. The minimum atomic E-state index is 0.434. The van der Waals surface area contributed by atoms with E-state index in [4.69, 9.17) is 0 Å². The van der Waals surface area contributed by atoms with Gasteiger partial charge >= 0.3 is 0 Å². The predicted molar refractivity (Wildman–Crippen MR) is 73.5 cm³/mol. The summed E-state index contributed by atoms with van der Waals surface area (Å²) in [5.74, 6) is 0. The quantitative estimate of drug-likeness (QED) is 0.848. The molecule has 94 valence electrons. The highest BCUT2D eigenvalue weighted by molar-refractivity contribution is 5.69. The first-order valence-corrected chi connectivity index (χ1v) is 6.60. The summed E-state index contributed by atoms with van der Waals surface area (Å²) in [7, 11) is 0. The highest BCUT2D eigenvalue weighted by Crippen LogP contribution is 2.32. The average molecular weight is 241 g/mol. The lowest BCUT2D eigenvalue weighted by Crippen LogP contribution is -2.14. The molecule has 1 saturated heterocycles. The van der Waals surface area contributed by atoms with E-state index in [1.807, 2.05) is 6.20 Å². The molecule has 3 nitrogen and oxygen atoms in total. The van der Waals surface area contributed by atoms with Gasteiger partial charge < -0.3 is 5.32 Å². The maximum Gasteiger partial charge on any atom is 0.0600 e. The molecule has 1 unspecified atom stereocenters. The maximum absolute atomic E-state index is 4.24. The predicted octanol–water partition coefficient (Wildman–Crippen LogP) is 3.12. The molecule has 1 aromatic heterocycles. The number of benzene rings is 1. The number of aryl methyl sites for hydroxylation is 2. The zero-order valence-corrected chi connectivity index (χ0v) is 11.0. The largest absolute Gasteiger partial charge is 0.309 e. The van der Waals surface area contributed by atoms with Crippen molar-refractivity contribution >= 4 is 0 Å². The fraction of sp³-hybridized carbons (Fsp3) is 0.400. The highest BCUT2D eigenvalue weighted by Gasteiger charge is 2.22. The second-order valence-electron chi connectivity index (χ2n) is 5.16. The summed E-state index contributed by atoms with van der Waals surface area (Å²) < 4.78 is 0. The Labute approximate surface area is 108 Å². The zero-order valence-electron chi connectivity index (χ0n) is 11.0. The van der Waals surface area contributed by atoms with Crippen LogP contribution in [0.3, 0.4) is 0 Å². The van der Waals surface area contributed by atoms with Crippen LogP contribution in [0, 0.1) is 13.8 Å². The van der Waals surface area contributed by atoms with Gasteiger partial charge in [-0.25, -0.2) is 0 Å². The molecule has 0 bridgehead atoms. The number of H-pyrrole nitrogens is 1. The van der Waals surface area contributed by atoms with Crippen molar-refractivity contribution in [2.75, 3.05) is 6.54 Å². The molecule has 2 aromatic rings. The smallest absolute Gasteiger partial charge is 0.0600 e. The second kappa shape index (κ2) is 4.58. The number of hydrogen-bond acceptors (Lipinski definition) is 2. The standard InChI is InChI=1S/C15H19N3/c1-10-5-6-12(11(2)8-10)13-9-17-18-15(13)14-4-3-7-16-14/h5-6,8-9,14,16H,3-4,7H2,1-2H3,(H,17,18). The van der Waals surface area contributed by atoms with Crippen LogP contribution >= 0.6 is 0 Å². The Morgan fingerprint density at radius 1 is 1.22 bits per heavy atom. The molecule has 1 aromatic carbocycles. The van der Waals surface area contributed by atoms with Crippen LogP contribution in [0.2, 0.25) is 0 Å². The van der Waals surface area contributed by atoms with Gasteiger partial charge in [0, 0.05) is 11.6 Å². The van der Waals surface area contributed by atoms with Crippen LogP contribution in [0.4, 0.5) is 0 Å². The van der Waals surface area contributed by atoms with Gasteiger partial charge in [0.1, 0.15) is 0 Å². The van der Waals surface area contributed by atoms with Gasteiger partial charge in [0.25, 0.3) is 0 Å². The van der Waals surface area contributed by atoms with Crippen molar-refractivity contribution in [1.29, 1.82) is 0 Å². The van der Waals surface area contributed by atoms with Crippen molar-refractivity contribution in [2.45, 2.75) is 32.7 Å². The molecule has 0 amide bonds. The van der Waals surface area contributed by atoms with Crippen molar-refractivity contribution in [3.05, 3.63) is 41.2 Å². The Morgan fingerprint density at radius 3 is 2.83 bits per heavy atom. The number of rotatable bonds is 2. The Bertz CT molecular complexity index is 551. The molecule has 1 aliphatic rings. The van der Waals surface area contributed by atoms with E-state index in [9.17, 15) is 0 Å². The molecule has 18 heavy (non-hydrogen) atoms. The minimum Gasteiger partial charge on any atom is -0.309 e. The lowest BCUT2D eigenvalue weighted by molar-refractivity contribution is 0.626. The molecule has 2 N–H and O–H groups in total. The van der Waals surface area contributed by atoms with Gasteiger partial charge in [-0.15, -0.1) is 0 Å². The monoisotopic (exact) mass is 241 g/mol. The van der Waals surface area contributed by atoms with Crippen LogP contribution in [-0.2, 0) is 0 Å². The minimum absolute atomic E-state index is 0.434. The van der Waals surface area contributed by atoms with E-state index in [1.54, 1.807) is 0 Å². The lowest BCUT2D eigenvalue weighted by Gasteiger charge is -2.12. The fourth-order valence-electron chi connectivity index (χ4n) is 2.82. The number of nitrogens with zero attached hydrogens (tertiary/aromatic N) is 1. The number of aromatic nitrogens is 2. The van der Waals surface area contributed by atoms with E-state index in [-0.39, 0.29) is 0 Å². The SMILES string of the molecule is Cc1ccc(-c2cn[nH]c2C2CCCN2)c(C)c1. The third kappa shape index (κ3) is 1.95. The summed E-state index contributed by atoms with van der Waals surface area (Å²) in [6.45, 7) is 5.41. The summed E-state index contributed by atoms with van der Waals surface area (Å²) in [6.07, 6.45) is 4.39. The molecular formula is C15H19N3. The van der Waals surface area contributed by atoms with Crippen LogP contribution < -0.4 is 5.32 Å². The molecule has 2 heterocycles. The van der Waals surface area contributed by atoms with Crippen molar-refractivity contribution in [3.8, 4) is 11.1 Å². The molecule has 0 radical (unpaired) electrons. The summed E-state index contributed by atoms with van der Waals surface area (Å²) in [4.78, 5) is 0. The molecule has 3 heteroatoms. The van der Waals surface area contributed by atoms with Gasteiger partial charge in [0.05, 0.1) is 11.9 Å². The van der Waals surface area contributed by atoms with Gasteiger partial charge in [0.2, 0.25) is 0 Å². The molecular weight excluding hydrogens is 222 g/mol. The van der Waals surface area contributed by atoms with Crippen LogP contribution in [0.1, 0.15) is 35.7 Å².